The molecule has 1 aliphatic rings. The first-order chi connectivity index (χ1) is 5.77. The summed E-state index contributed by atoms with van der Waals surface area (Å²) < 4.78 is 3.43. The van der Waals surface area contributed by atoms with Crippen LogP contribution in [0.3, 0.4) is 0 Å². The van der Waals surface area contributed by atoms with Gasteiger partial charge < -0.3 is 0 Å². The summed E-state index contributed by atoms with van der Waals surface area (Å²) in [5.41, 5.74) is 1.39. The predicted octanol–water partition coefficient (Wildman–Crippen LogP) is 2.49. The van der Waals surface area contributed by atoms with Crippen molar-refractivity contribution in [1.29, 1.82) is 0 Å². The Hall–Kier alpha value is 0.710. The average Bonchev–Trinajstić information content (AvgIpc) is 2.07. The second-order valence-corrected chi connectivity index (χ2v) is 9.49. The fraction of sp³-hybridized carbons (Fsp3) is 0.111. The summed E-state index contributed by atoms with van der Waals surface area (Å²) in [6, 6.07) is 8.63. The zero-order valence-electron chi connectivity index (χ0n) is 6.13. The Morgan fingerprint density at radius 1 is 1.25 bits per heavy atom. The third-order valence-corrected chi connectivity index (χ3v) is 8.75. The van der Waals surface area contributed by atoms with Gasteiger partial charge in [-0.25, -0.2) is 0 Å². The zero-order chi connectivity index (χ0) is 8.55. The standard InChI is InChI=1S/C9H6Br2Te/c10-7-5-6-3-1-2-4-8(6)12-9(7)11/h1-5,9H. The molecule has 3 heteroatoms. The van der Waals surface area contributed by atoms with Crippen LogP contribution in [0.4, 0.5) is 0 Å². The van der Waals surface area contributed by atoms with Crippen LogP contribution in [-0.4, -0.2) is 23.8 Å². The van der Waals surface area contributed by atoms with E-state index in [1.807, 2.05) is 0 Å². The number of halogens is 2. The molecule has 0 nitrogen and oxygen atoms in total. The summed E-state index contributed by atoms with van der Waals surface area (Å²) >= 11 is 7.15. The molecule has 0 aliphatic carbocycles. The Morgan fingerprint density at radius 2 is 2.00 bits per heavy atom. The molecule has 0 saturated carbocycles. The first-order valence-corrected chi connectivity index (χ1v) is 7.76. The monoisotopic (exact) mass is 402 g/mol. The van der Waals surface area contributed by atoms with Gasteiger partial charge in [0, 0.05) is 0 Å². The fourth-order valence-electron chi connectivity index (χ4n) is 1.09. The van der Waals surface area contributed by atoms with Gasteiger partial charge >= 0.3 is 99.7 Å². The summed E-state index contributed by atoms with van der Waals surface area (Å²) in [4.78, 5) is 0. The van der Waals surface area contributed by atoms with E-state index >= 15 is 0 Å². The van der Waals surface area contributed by atoms with E-state index in [2.05, 4.69) is 62.2 Å². The normalized spacial score (nSPS) is 21.5. The quantitative estimate of drug-likeness (QED) is 0.463. The van der Waals surface area contributed by atoms with Crippen LogP contribution < -0.4 is 3.61 Å². The minimum absolute atomic E-state index is 0.0853. The van der Waals surface area contributed by atoms with Gasteiger partial charge in [-0.2, -0.15) is 0 Å². The molecule has 0 bridgehead atoms. The molecule has 0 aromatic heterocycles. The number of allylic oxidation sites excluding steroid dienone is 1. The minimum atomic E-state index is -0.0853. The van der Waals surface area contributed by atoms with Crippen LogP contribution in [0.5, 0.6) is 0 Å². The van der Waals surface area contributed by atoms with Crippen molar-refractivity contribution < 1.29 is 0 Å². The molecule has 1 heterocycles. The van der Waals surface area contributed by atoms with Gasteiger partial charge in [-0.05, 0) is 0 Å². The SMILES string of the molecule is BrC1=Cc2ccccc2[Te]C1Br. The van der Waals surface area contributed by atoms with Gasteiger partial charge in [0.1, 0.15) is 0 Å². The van der Waals surface area contributed by atoms with E-state index in [0.29, 0.717) is 2.88 Å². The second kappa shape index (κ2) is 3.84. The van der Waals surface area contributed by atoms with Crippen LogP contribution in [0, 0.1) is 0 Å². The first kappa shape index (κ1) is 9.27. The van der Waals surface area contributed by atoms with Crippen molar-refractivity contribution in [3.05, 3.63) is 34.3 Å². The van der Waals surface area contributed by atoms with Crippen molar-refractivity contribution in [2.75, 3.05) is 0 Å². The van der Waals surface area contributed by atoms with E-state index < -0.39 is 0 Å². The van der Waals surface area contributed by atoms with E-state index in [1.54, 1.807) is 3.61 Å². The Labute approximate surface area is 98.8 Å². The Morgan fingerprint density at radius 3 is 2.83 bits per heavy atom. The molecule has 62 valence electrons. The van der Waals surface area contributed by atoms with E-state index in [-0.39, 0.29) is 20.9 Å². The van der Waals surface area contributed by atoms with E-state index in [1.165, 1.54) is 10.0 Å². The molecule has 0 radical (unpaired) electrons. The van der Waals surface area contributed by atoms with Crippen LogP contribution >= 0.6 is 31.9 Å². The van der Waals surface area contributed by atoms with Crippen molar-refractivity contribution in [1.82, 2.24) is 0 Å². The van der Waals surface area contributed by atoms with Crippen molar-refractivity contribution in [2.24, 2.45) is 0 Å². The van der Waals surface area contributed by atoms with Crippen LogP contribution in [0.1, 0.15) is 5.56 Å². The van der Waals surface area contributed by atoms with Crippen LogP contribution in [-0.2, 0) is 0 Å². The Bertz CT molecular complexity index is 333. The molecule has 0 spiro atoms. The van der Waals surface area contributed by atoms with Crippen molar-refractivity contribution >= 4 is 62.5 Å². The molecule has 2 rings (SSSR count). The third kappa shape index (κ3) is 1.80. The number of fused-ring (bicyclic) bond motifs is 1. The van der Waals surface area contributed by atoms with Gasteiger partial charge in [-0.1, -0.05) is 0 Å². The summed E-state index contributed by atoms with van der Waals surface area (Å²) in [6.07, 6.45) is 2.21. The van der Waals surface area contributed by atoms with Crippen molar-refractivity contribution in [2.45, 2.75) is 2.88 Å². The van der Waals surface area contributed by atoms with Gasteiger partial charge in [0.05, 0.1) is 0 Å². The molecular weight excluding hydrogens is 396 g/mol. The van der Waals surface area contributed by atoms with Crippen molar-refractivity contribution in [3.63, 3.8) is 0 Å². The fourth-order valence-corrected chi connectivity index (χ4v) is 5.80. The number of hydrogen-bond donors (Lipinski definition) is 0. The summed E-state index contributed by atoms with van der Waals surface area (Å²) in [7, 11) is 0. The topological polar surface area (TPSA) is 0 Å². The second-order valence-electron chi connectivity index (χ2n) is 2.50. The summed E-state index contributed by atoms with van der Waals surface area (Å²) in [5.74, 6) is 0. The number of rotatable bonds is 0. The van der Waals surface area contributed by atoms with Crippen molar-refractivity contribution in [3.8, 4) is 0 Å². The van der Waals surface area contributed by atoms with Gasteiger partial charge in [0.25, 0.3) is 0 Å². The van der Waals surface area contributed by atoms with Gasteiger partial charge in [0.15, 0.2) is 0 Å². The zero-order valence-corrected chi connectivity index (χ0v) is 11.6. The summed E-state index contributed by atoms with van der Waals surface area (Å²) in [6.45, 7) is 0. The van der Waals surface area contributed by atoms with E-state index in [9.17, 15) is 0 Å². The molecule has 0 N–H and O–H groups in total. The van der Waals surface area contributed by atoms with E-state index in [0.717, 1.165) is 0 Å². The number of hydrogen-bond acceptors (Lipinski definition) is 0. The third-order valence-electron chi connectivity index (χ3n) is 1.66. The van der Waals surface area contributed by atoms with E-state index in [4.69, 9.17) is 0 Å². The summed E-state index contributed by atoms with van der Waals surface area (Å²) in [5, 5.41) is 0. The first-order valence-electron chi connectivity index (χ1n) is 3.54. The van der Waals surface area contributed by atoms with Crippen LogP contribution in [0.25, 0.3) is 6.08 Å². The maximum absolute atomic E-state index is 3.67. The number of alkyl halides is 1. The molecule has 1 unspecified atom stereocenters. The van der Waals surface area contributed by atoms with Gasteiger partial charge in [-0.3, -0.25) is 0 Å². The van der Waals surface area contributed by atoms with Gasteiger partial charge in [0.2, 0.25) is 0 Å². The molecule has 0 amide bonds. The predicted molar refractivity (Wildman–Crippen MR) is 61.4 cm³/mol. The molecule has 0 fully saturated rings. The average molecular weight is 402 g/mol. The number of benzene rings is 1. The molecule has 12 heavy (non-hydrogen) atoms. The van der Waals surface area contributed by atoms with Gasteiger partial charge in [-0.15, -0.1) is 0 Å². The van der Waals surface area contributed by atoms with Crippen LogP contribution in [0.15, 0.2) is 28.7 Å². The Balaban J connectivity index is 2.49. The Kier molecular flexibility index (Phi) is 2.96. The maximum atomic E-state index is 3.67. The molecular formula is C9H6Br2Te. The molecule has 0 saturated heterocycles. The molecule has 1 aromatic rings. The molecule has 1 aromatic carbocycles. The molecule has 1 atom stereocenters. The molecule has 1 aliphatic heterocycles. The van der Waals surface area contributed by atoms with Crippen LogP contribution in [0.2, 0.25) is 0 Å².